The van der Waals surface area contributed by atoms with Crippen LogP contribution >= 0.6 is 11.8 Å². The summed E-state index contributed by atoms with van der Waals surface area (Å²) in [6.07, 6.45) is 2.52. The molecule has 0 aromatic heterocycles. The first-order valence-electron chi connectivity index (χ1n) is 6.28. The van der Waals surface area contributed by atoms with Crippen LogP contribution in [0.4, 0.5) is 5.69 Å². The highest BCUT2D eigenvalue weighted by Crippen LogP contribution is 2.22. The topological polar surface area (TPSA) is 55.2 Å². The van der Waals surface area contributed by atoms with Gasteiger partial charge in [-0.1, -0.05) is 18.2 Å². The molecular weight excluding hydrogens is 248 g/mol. The standard InChI is InChI=1S/C13H18N2O2S/c16-15(17)13-4-2-1-3-12(13)10-14-9-11-5-7-18-8-6-11/h1-4,11,14H,5-10H2. The first-order valence-corrected chi connectivity index (χ1v) is 7.43. The molecule has 0 aliphatic carbocycles. The summed E-state index contributed by atoms with van der Waals surface area (Å²) in [6, 6.07) is 6.94. The van der Waals surface area contributed by atoms with Gasteiger partial charge in [0.05, 0.1) is 4.92 Å². The van der Waals surface area contributed by atoms with Crippen LogP contribution in [0.2, 0.25) is 0 Å². The van der Waals surface area contributed by atoms with Crippen LogP contribution in [-0.4, -0.2) is 23.0 Å². The maximum absolute atomic E-state index is 10.9. The Hall–Kier alpha value is -1.07. The number of thioether (sulfide) groups is 1. The average Bonchev–Trinajstić information content (AvgIpc) is 2.40. The van der Waals surface area contributed by atoms with Gasteiger partial charge in [-0.15, -0.1) is 0 Å². The predicted molar refractivity (Wildman–Crippen MR) is 74.9 cm³/mol. The highest BCUT2D eigenvalue weighted by atomic mass is 32.2. The van der Waals surface area contributed by atoms with Crippen LogP contribution in [0.3, 0.4) is 0 Å². The van der Waals surface area contributed by atoms with E-state index >= 15 is 0 Å². The molecule has 0 unspecified atom stereocenters. The molecule has 0 saturated carbocycles. The second-order valence-electron chi connectivity index (χ2n) is 4.57. The predicted octanol–water partition coefficient (Wildman–Crippen LogP) is 2.83. The number of benzene rings is 1. The Morgan fingerprint density at radius 1 is 1.33 bits per heavy atom. The maximum Gasteiger partial charge on any atom is 0.273 e. The number of nitrogens with one attached hydrogen (secondary N) is 1. The fraction of sp³-hybridized carbons (Fsp3) is 0.538. The van der Waals surface area contributed by atoms with Crippen molar-refractivity contribution in [2.75, 3.05) is 18.1 Å². The second kappa shape index (κ2) is 6.75. The molecule has 1 aromatic rings. The van der Waals surface area contributed by atoms with E-state index in [4.69, 9.17) is 0 Å². The minimum absolute atomic E-state index is 0.212. The number of nitrogens with zero attached hydrogens (tertiary/aromatic N) is 1. The highest BCUT2D eigenvalue weighted by molar-refractivity contribution is 7.99. The lowest BCUT2D eigenvalue weighted by Crippen LogP contribution is -2.25. The zero-order valence-electron chi connectivity index (χ0n) is 10.3. The molecule has 5 heteroatoms. The Bertz CT molecular complexity index is 406. The zero-order chi connectivity index (χ0) is 12.8. The number of rotatable bonds is 5. The van der Waals surface area contributed by atoms with Crippen molar-refractivity contribution in [2.24, 2.45) is 5.92 Å². The SMILES string of the molecule is O=[N+]([O-])c1ccccc1CNCC1CCSCC1. The lowest BCUT2D eigenvalue weighted by atomic mass is 10.0. The van der Waals surface area contributed by atoms with Crippen LogP contribution in [0.15, 0.2) is 24.3 Å². The molecule has 1 heterocycles. The third-order valence-corrected chi connectivity index (χ3v) is 4.33. The molecular formula is C13H18N2O2S. The summed E-state index contributed by atoms with van der Waals surface area (Å²) in [4.78, 5) is 10.6. The molecule has 0 bridgehead atoms. The van der Waals surface area contributed by atoms with Gasteiger partial charge in [-0.2, -0.15) is 11.8 Å². The number of nitro groups is 1. The van der Waals surface area contributed by atoms with Crippen LogP contribution in [0.1, 0.15) is 18.4 Å². The van der Waals surface area contributed by atoms with Crippen molar-refractivity contribution < 1.29 is 4.92 Å². The lowest BCUT2D eigenvalue weighted by Gasteiger charge is -2.21. The van der Waals surface area contributed by atoms with Crippen molar-refractivity contribution in [1.82, 2.24) is 5.32 Å². The molecule has 2 rings (SSSR count). The van der Waals surface area contributed by atoms with E-state index in [2.05, 4.69) is 5.32 Å². The van der Waals surface area contributed by atoms with Gasteiger partial charge >= 0.3 is 0 Å². The minimum atomic E-state index is -0.311. The Morgan fingerprint density at radius 3 is 2.78 bits per heavy atom. The molecule has 1 aromatic carbocycles. The summed E-state index contributed by atoms with van der Waals surface area (Å²) in [5.74, 6) is 3.23. The van der Waals surface area contributed by atoms with Gasteiger partial charge in [0.1, 0.15) is 0 Å². The molecule has 1 fully saturated rings. The molecule has 0 radical (unpaired) electrons. The molecule has 1 aliphatic rings. The van der Waals surface area contributed by atoms with Crippen molar-refractivity contribution in [3.63, 3.8) is 0 Å². The summed E-state index contributed by atoms with van der Waals surface area (Å²) < 4.78 is 0. The molecule has 18 heavy (non-hydrogen) atoms. The summed E-state index contributed by atoms with van der Waals surface area (Å²) in [7, 11) is 0. The first-order chi connectivity index (χ1) is 8.77. The summed E-state index contributed by atoms with van der Waals surface area (Å²) in [5.41, 5.74) is 0.983. The summed E-state index contributed by atoms with van der Waals surface area (Å²) in [5, 5.41) is 14.2. The van der Waals surface area contributed by atoms with E-state index in [1.54, 1.807) is 12.1 Å². The van der Waals surface area contributed by atoms with Gasteiger partial charge in [0.2, 0.25) is 0 Å². The van der Waals surface area contributed by atoms with Gasteiger partial charge in [0, 0.05) is 18.2 Å². The van der Waals surface area contributed by atoms with Crippen LogP contribution in [-0.2, 0) is 6.54 Å². The third-order valence-electron chi connectivity index (χ3n) is 3.28. The Morgan fingerprint density at radius 2 is 2.06 bits per heavy atom. The van der Waals surface area contributed by atoms with Crippen LogP contribution in [0.5, 0.6) is 0 Å². The quantitative estimate of drug-likeness (QED) is 0.657. The van der Waals surface area contributed by atoms with E-state index in [9.17, 15) is 10.1 Å². The summed E-state index contributed by atoms with van der Waals surface area (Å²) >= 11 is 2.02. The van der Waals surface area contributed by atoms with Crippen LogP contribution in [0.25, 0.3) is 0 Å². The van der Waals surface area contributed by atoms with Gasteiger partial charge in [-0.3, -0.25) is 10.1 Å². The number of nitro benzene ring substituents is 1. The monoisotopic (exact) mass is 266 g/mol. The number of hydrogen-bond donors (Lipinski definition) is 1. The number of para-hydroxylation sites is 1. The normalized spacial score (nSPS) is 16.7. The molecule has 0 spiro atoms. The average molecular weight is 266 g/mol. The minimum Gasteiger partial charge on any atom is -0.312 e. The van der Waals surface area contributed by atoms with E-state index in [-0.39, 0.29) is 10.6 Å². The van der Waals surface area contributed by atoms with E-state index in [0.29, 0.717) is 6.54 Å². The highest BCUT2D eigenvalue weighted by Gasteiger charge is 2.15. The molecule has 0 amide bonds. The molecule has 1 N–H and O–H groups in total. The van der Waals surface area contributed by atoms with Crippen molar-refractivity contribution in [2.45, 2.75) is 19.4 Å². The Kier molecular flexibility index (Phi) is 5.01. The molecule has 98 valence electrons. The largest absolute Gasteiger partial charge is 0.312 e. The van der Waals surface area contributed by atoms with Crippen molar-refractivity contribution in [3.05, 3.63) is 39.9 Å². The summed E-state index contributed by atoms with van der Waals surface area (Å²) in [6.45, 7) is 1.55. The van der Waals surface area contributed by atoms with Crippen molar-refractivity contribution in [1.29, 1.82) is 0 Å². The van der Waals surface area contributed by atoms with Crippen molar-refractivity contribution >= 4 is 17.4 Å². The van der Waals surface area contributed by atoms with E-state index in [1.807, 2.05) is 23.9 Å². The van der Waals surface area contributed by atoms with Gasteiger partial charge in [-0.25, -0.2) is 0 Å². The Labute approximate surface area is 111 Å². The van der Waals surface area contributed by atoms with Gasteiger partial charge in [0.15, 0.2) is 0 Å². The fourth-order valence-electron chi connectivity index (χ4n) is 2.20. The molecule has 0 atom stereocenters. The van der Waals surface area contributed by atoms with Gasteiger partial charge in [0.25, 0.3) is 5.69 Å². The third kappa shape index (κ3) is 3.71. The van der Waals surface area contributed by atoms with Crippen LogP contribution < -0.4 is 5.32 Å². The van der Waals surface area contributed by atoms with E-state index in [0.717, 1.165) is 18.0 Å². The van der Waals surface area contributed by atoms with Gasteiger partial charge < -0.3 is 5.32 Å². The Balaban J connectivity index is 1.84. The van der Waals surface area contributed by atoms with E-state index in [1.165, 1.54) is 24.3 Å². The first kappa shape index (κ1) is 13.4. The zero-order valence-corrected chi connectivity index (χ0v) is 11.1. The van der Waals surface area contributed by atoms with Crippen LogP contribution in [0, 0.1) is 16.0 Å². The van der Waals surface area contributed by atoms with E-state index < -0.39 is 0 Å². The van der Waals surface area contributed by atoms with Crippen molar-refractivity contribution in [3.8, 4) is 0 Å². The molecule has 1 saturated heterocycles. The maximum atomic E-state index is 10.9. The molecule has 4 nitrogen and oxygen atoms in total. The number of hydrogen-bond acceptors (Lipinski definition) is 4. The van der Waals surface area contributed by atoms with Gasteiger partial charge in [-0.05, 0) is 36.8 Å². The molecule has 1 aliphatic heterocycles. The lowest BCUT2D eigenvalue weighted by molar-refractivity contribution is -0.385. The second-order valence-corrected chi connectivity index (χ2v) is 5.80. The smallest absolute Gasteiger partial charge is 0.273 e. The fourth-order valence-corrected chi connectivity index (χ4v) is 3.40.